The van der Waals surface area contributed by atoms with Crippen molar-refractivity contribution in [3.05, 3.63) is 0 Å². The highest BCUT2D eigenvalue weighted by atomic mass is 16.1. The first-order valence-corrected chi connectivity index (χ1v) is 5.03. The molecule has 1 aliphatic carbocycles. The molecule has 0 aromatic rings. The average molecular weight is 184 g/mol. The molecule has 0 unspecified atom stereocenters. The molecule has 0 bridgehead atoms. The number of hydrogen-bond donors (Lipinski definition) is 1. The van der Waals surface area contributed by atoms with Gasteiger partial charge >= 0.3 is 0 Å². The van der Waals surface area contributed by atoms with Gasteiger partial charge in [-0.1, -0.05) is 0 Å². The number of carbonyl (C=O) groups is 1. The van der Waals surface area contributed by atoms with Crippen LogP contribution in [0.5, 0.6) is 0 Å². The molecular formula is C10H20N2O. The predicted octanol–water partition coefficient (Wildman–Crippen LogP) is 0.840. The van der Waals surface area contributed by atoms with E-state index in [1.165, 1.54) is 0 Å². The first-order valence-electron chi connectivity index (χ1n) is 5.03. The van der Waals surface area contributed by atoms with E-state index in [1.54, 1.807) is 0 Å². The molecule has 1 aliphatic rings. The molecule has 0 aromatic carbocycles. The molecule has 0 aromatic heterocycles. The van der Waals surface area contributed by atoms with Gasteiger partial charge < -0.3 is 10.6 Å². The number of primary amides is 1. The lowest BCUT2D eigenvalue weighted by atomic mass is 9.81. The Hall–Kier alpha value is -0.570. The molecule has 0 saturated heterocycles. The van der Waals surface area contributed by atoms with Gasteiger partial charge in [-0.25, -0.2) is 0 Å². The van der Waals surface area contributed by atoms with Crippen molar-refractivity contribution in [1.82, 2.24) is 4.90 Å². The van der Waals surface area contributed by atoms with Crippen molar-refractivity contribution in [1.29, 1.82) is 0 Å². The van der Waals surface area contributed by atoms with Crippen LogP contribution in [0.2, 0.25) is 0 Å². The van der Waals surface area contributed by atoms with Crippen LogP contribution in [-0.4, -0.2) is 31.4 Å². The van der Waals surface area contributed by atoms with Gasteiger partial charge in [0.1, 0.15) is 0 Å². The molecule has 3 heteroatoms. The molecule has 1 saturated carbocycles. The van der Waals surface area contributed by atoms with E-state index >= 15 is 0 Å². The fourth-order valence-corrected chi connectivity index (χ4v) is 2.15. The lowest BCUT2D eigenvalue weighted by molar-refractivity contribution is -0.123. The van der Waals surface area contributed by atoms with Gasteiger partial charge in [0.2, 0.25) is 5.91 Å². The van der Waals surface area contributed by atoms with Crippen molar-refractivity contribution < 1.29 is 4.79 Å². The van der Waals surface area contributed by atoms with Crippen LogP contribution in [0.25, 0.3) is 0 Å². The Balaban J connectivity index is 2.26. The maximum absolute atomic E-state index is 10.9. The summed E-state index contributed by atoms with van der Waals surface area (Å²) in [6.45, 7) is 1.14. The van der Waals surface area contributed by atoms with E-state index in [-0.39, 0.29) is 11.8 Å². The van der Waals surface area contributed by atoms with Crippen LogP contribution in [0, 0.1) is 11.8 Å². The van der Waals surface area contributed by atoms with E-state index in [4.69, 9.17) is 5.73 Å². The van der Waals surface area contributed by atoms with E-state index in [2.05, 4.69) is 19.0 Å². The van der Waals surface area contributed by atoms with Crippen LogP contribution in [-0.2, 0) is 4.79 Å². The van der Waals surface area contributed by atoms with Crippen molar-refractivity contribution in [3.8, 4) is 0 Å². The first kappa shape index (κ1) is 10.5. The molecular weight excluding hydrogens is 164 g/mol. The number of carbonyl (C=O) groups excluding carboxylic acids is 1. The lowest BCUT2D eigenvalue weighted by Gasteiger charge is -2.28. The molecule has 13 heavy (non-hydrogen) atoms. The van der Waals surface area contributed by atoms with Crippen molar-refractivity contribution in [2.45, 2.75) is 25.7 Å². The first-order chi connectivity index (χ1) is 6.09. The third-order valence-electron chi connectivity index (χ3n) is 2.87. The summed E-state index contributed by atoms with van der Waals surface area (Å²) in [5.74, 6) is 0.812. The lowest BCUT2D eigenvalue weighted by Crippen LogP contribution is -2.31. The number of nitrogens with two attached hydrogens (primary N) is 1. The highest BCUT2D eigenvalue weighted by Crippen LogP contribution is 2.28. The summed E-state index contributed by atoms with van der Waals surface area (Å²) in [5, 5.41) is 0. The van der Waals surface area contributed by atoms with E-state index in [0.29, 0.717) is 0 Å². The smallest absolute Gasteiger partial charge is 0.220 e. The Kier molecular flexibility index (Phi) is 3.72. The molecule has 0 spiro atoms. The predicted molar refractivity (Wildman–Crippen MR) is 53.2 cm³/mol. The quantitative estimate of drug-likeness (QED) is 0.706. The van der Waals surface area contributed by atoms with Gasteiger partial charge in [0, 0.05) is 12.5 Å². The van der Waals surface area contributed by atoms with Crippen LogP contribution in [0.4, 0.5) is 0 Å². The van der Waals surface area contributed by atoms with Gasteiger partial charge in [0.05, 0.1) is 0 Å². The molecule has 0 atom stereocenters. The minimum Gasteiger partial charge on any atom is -0.369 e. The number of hydrogen-bond acceptors (Lipinski definition) is 2. The molecule has 1 rings (SSSR count). The Morgan fingerprint density at radius 3 is 2.23 bits per heavy atom. The number of amides is 1. The Labute approximate surface area is 80.3 Å². The second-order valence-electron chi connectivity index (χ2n) is 4.38. The molecule has 1 fully saturated rings. The molecule has 3 nitrogen and oxygen atoms in total. The average Bonchev–Trinajstić information content (AvgIpc) is 2.04. The summed E-state index contributed by atoms with van der Waals surface area (Å²) in [7, 11) is 4.19. The summed E-state index contributed by atoms with van der Waals surface area (Å²) >= 11 is 0. The van der Waals surface area contributed by atoms with Crippen LogP contribution in [0.1, 0.15) is 25.7 Å². The summed E-state index contributed by atoms with van der Waals surface area (Å²) < 4.78 is 0. The largest absolute Gasteiger partial charge is 0.369 e. The third kappa shape index (κ3) is 3.35. The summed E-state index contributed by atoms with van der Waals surface area (Å²) in [6, 6.07) is 0. The van der Waals surface area contributed by atoms with Crippen molar-refractivity contribution in [2.75, 3.05) is 20.6 Å². The SMILES string of the molecule is CN(C)C[C@H]1CC[C@H](C(N)=O)CC1. The normalized spacial score (nSPS) is 29.2. The van der Waals surface area contributed by atoms with Crippen LogP contribution in [0.3, 0.4) is 0 Å². The van der Waals surface area contributed by atoms with Crippen LogP contribution in [0.15, 0.2) is 0 Å². The van der Waals surface area contributed by atoms with Crippen molar-refractivity contribution >= 4 is 5.91 Å². The van der Waals surface area contributed by atoms with Gasteiger partial charge in [-0.15, -0.1) is 0 Å². The highest BCUT2D eigenvalue weighted by molar-refractivity contribution is 5.76. The van der Waals surface area contributed by atoms with E-state index in [1.807, 2.05) is 0 Å². The van der Waals surface area contributed by atoms with Crippen molar-refractivity contribution in [3.63, 3.8) is 0 Å². The topological polar surface area (TPSA) is 46.3 Å². The molecule has 0 radical (unpaired) electrons. The molecule has 0 heterocycles. The second kappa shape index (κ2) is 4.61. The number of rotatable bonds is 3. The zero-order chi connectivity index (χ0) is 9.84. The zero-order valence-corrected chi connectivity index (χ0v) is 8.62. The zero-order valence-electron chi connectivity index (χ0n) is 8.62. The van der Waals surface area contributed by atoms with Crippen LogP contribution < -0.4 is 5.73 Å². The van der Waals surface area contributed by atoms with Crippen molar-refractivity contribution in [2.24, 2.45) is 17.6 Å². The Morgan fingerprint density at radius 2 is 1.85 bits per heavy atom. The van der Waals surface area contributed by atoms with Gasteiger partial charge in [-0.3, -0.25) is 4.79 Å². The van der Waals surface area contributed by atoms with Gasteiger partial charge in [-0.2, -0.15) is 0 Å². The standard InChI is InChI=1S/C10H20N2O/c1-12(2)7-8-3-5-9(6-4-8)10(11)13/h8-9H,3-7H2,1-2H3,(H2,11,13)/t8-,9-. The Morgan fingerprint density at radius 1 is 1.31 bits per heavy atom. The summed E-state index contributed by atoms with van der Waals surface area (Å²) in [5.41, 5.74) is 5.26. The second-order valence-corrected chi connectivity index (χ2v) is 4.38. The highest BCUT2D eigenvalue weighted by Gasteiger charge is 2.24. The monoisotopic (exact) mass is 184 g/mol. The van der Waals surface area contributed by atoms with E-state index in [9.17, 15) is 4.79 Å². The molecule has 2 N–H and O–H groups in total. The van der Waals surface area contributed by atoms with E-state index in [0.717, 1.165) is 38.1 Å². The maximum atomic E-state index is 10.9. The Bertz CT molecular complexity index is 172. The van der Waals surface area contributed by atoms with Gasteiger partial charge in [0.15, 0.2) is 0 Å². The molecule has 1 amide bonds. The number of nitrogens with zero attached hydrogens (tertiary/aromatic N) is 1. The molecule has 76 valence electrons. The summed E-state index contributed by atoms with van der Waals surface area (Å²) in [4.78, 5) is 13.1. The minimum atomic E-state index is -0.108. The maximum Gasteiger partial charge on any atom is 0.220 e. The van der Waals surface area contributed by atoms with Gasteiger partial charge in [0.25, 0.3) is 0 Å². The summed E-state index contributed by atoms with van der Waals surface area (Å²) in [6.07, 6.45) is 4.30. The fourth-order valence-electron chi connectivity index (χ4n) is 2.15. The fraction of sp³-hybridized carbons (Fsp3) is 0.900. The molecule has 0 aliphatic heterocycles. The third-order valence-corrected chi connectivity index (χ3v) is 2.87. The van der Waals surface area contributed by atoms with Gasteiger partial charge in [-0.05, 0) is 45.7 Å². The van der Waals surface area contributed by atoms with Crippen LogP contribution >= 0.6 is 0 Å². The minimum absolute atomic E-state index is 0.108. The van der Waals surface area contributed by atoms with E-state index < -0.39 is 0 Å².